The molecule has 110 valence electrons. The van der Waals surface area contributed by atoms with Crippen molar-refractivity contribution in [1.29, 1.82) is 0 Å². The van der Waals surface area contributed by atoms with E-state index in [-0.39, 0.29) is 0 Å². The molecule has 2 aliphatic carbocycles. The van der Waals surface area contributed by atoms with E-state index in [1.165, 1.54) is 57.5 Å². The first-order valence-corrected chi connectivity index (χ1v) is 9.47. The lowest BCUT2D eigenvalue weighted by Crippen LogP contribution is -2.69. The summed E-state index contributed by atoms with van der Waals surface area (Å²) in [4.78, 5) is 2.86. The molecule has 2 unspecified atom stereocenters. The average molecular weight is 282 g/mol. The fourth-order valence-electron chi connectivity index (χ4n) is 3.96. The van der Waals surface area contributed by atoms with Crippen LogP contribution >= 0.6 is 11.8 Å². The first-order chi connectivity index (χ1) is 9.08. The van der Waals surface area contributed by atoms with Crippen LogP contribution in [0.25, 0.3) is 0 Å². The number of hydrogen-bond donors (Lipinski definition) is 1. The predicted molar refractivity (Wildman–Crippen MR) is 84.8 cm³/mol. The van der Waals surface area contributed by atoms with Crippen molar-refractivity contribution in [3.05, 3.63) is 0 Å². The van der Waals surface area contributed by atoms with Gasteiger partial charge in [0, 0.05) is 24.2 Å². The smallest absolute Gasteiger partial charge is 0.0334 e. The molecule has 2 saturated carbocycles. The highest BCUT2D eigenvalue weighted by atomic mass is 32.2. The lowest BCUT2D eigenvalue weighted by Gasteiger charge is -2.53. The summed E-state index contributed by atoms with van der Waals surface area (Å²) in [6, 6.07) is 0. The van der Waals surface area contributed by atoms with Gasteiger partial charge in [-0.2, -0.15) is 11.8 Å². The van der Waals surface area contributed by atoms with Gasteiger partial charge in [0.25, 0.3) is 0 Å². The average Bonchev–Trinajstić information content (AvgIpc) is 3.25. The third-order valence-corrected chi connectivity index (χ3v) is 6.50. The van der Waals surface area contributed by atoms with Crippen molar-refractivity contribution in [2.75, 3.05) is 31.6 Å². The number of hydrogen-bond acceptors (Lipinski definition) is 3. The highest BCUT2D eigenvalue weighted by Gasteiger charge is 2.53. The fourth-order valence-corrected chi connectivity index (χ4v) is 4.38. The third kappa shape index (κ3) is 2.84. The molecule has 0 radical (unpaired) electrons. The summed E-state index contributed by atoms with van der Waals surface area (Å²) in [7, 11) is 0. The molecule has 0 aromatic carbocycles. The minimum Gasteiger partial charge on any atom is -0.308 e. The zero-order valence-electron chi connectivity index (χ0n) is 12.9. The minimum atomic E-state index is 0.397. The molecular weight excluding hydrogens is 252 g/mol. The molecule has 0 amide bonds. The Bertz CT molecular complexity index is 327. The van der Waals surface area contributed by atoms with Crippen LogP contribution in [-0.4, -0.2) is 47.6 Å². The standard InChI is InChI=1S/C16H30N2S/c1-15(13-5-6-13)12-18(9-4-10-19-3)16(2,11-17-15)14-7-8-14/h13-14,17H,4-12H2,1-3H3. The van der Waals surface area contributed by atoms with Crippen molar-refractivity contribution in [3.8, 4) is 0 Å². The maximum Gasteiger partial charge on any atom is 0.0334 e. The molecule has 3 fully saturated rings. The number of piperazine rings is 1. The van der Waals surface area contributed by atoms with Crippen molar-refractivity contribution >= 4 is 11.8 Å². The summed E-state index contributed by atoms with van der Waals surface area (Å²) in [6.07, 6.45) is 9.38. The van der Waals surface area contributed by atoms with Gasteiger partial charge in [-0.25, -0.2) is 0 Å². The Balaban J connectivity index is 1.67. The Labute approximate surface area is 123 Å². The first kappa shape index (κ1) is 14.2. The van der Waals surface area contributed by atoms with E-state index >= 15 is 0 Å². The van der Waals surface area contributed by atoms with Crippen LogP contribution in [0.15, 0.2) is 0 Å². The number of rotatable bonds is 6. The van der Waals surface area contributed by atoms with Crippen LogP contribution in [0.3, 0.4) is 0 Å². The molecule has 3 heteroatoms. The molecule has 0 spiro atoms. The minimum absolute atomic E-state index is 0.397. The van der Waals surface area contributed by atoms with E-state index < -0.39 is 0 Å². The van der Waals surface area contributed by atoms with E-state index in [9.17, 15) is 0 Å². The van der Waals surface area contributed by atoms with Gasteiger partial charge in [-0.1, -0.05) is 0 Å². The Kier molecular flexibility index (Phi) is 3.92. The molecule has 1 heterocycles. The topological polar surface area (TPSA) is 15.3 Å². The third-order valence-electron chi connectivity index (χ3n) is 5.80. The van der Waals surface area contributed by atoms with E-state index in [1.807, 2.05) is 11.8 Å². The van der Waals surface area contributed by atoms with Gasteiger partial charge in [0.05, 0.1) is 0 Å². The second-order valence-electron chi connectivity index (χ2n) is 7.44. The molecule has 0 aromatic rings. The summed E-state index contributed by atoms with van der Waals surface area (Å²) >= 11 is 1.99. The Morgan fingerprint density at radius 3 is 2.42 bits per heavy atom. The number of thioether (sulfide) groups is 1. The van der Waals surface area contributed by atoms with Gasteiger partial charge in [-0.3, -0.25) is 4.90 Å². The fraction of sp³-hybridized carbons (Fsp3) is 1.00. The van der Waals surface area contributed by atoms with Gasteiger partial charge in [-0.05, 0) is 76.3 Å². The van der Waals surface area contributed by atoms with Crippen LogP contribution < -0.4 is 5.32 Å². The normalized spacial score (nSPS) is 40.6. The van der Waals surface area contributed by atoms with Crippen LogP contribution in [-0.2, 0) is 0 Å². The highest BCUT2D eigenvalue weighted by Crippen LogP contribution is 2.48. The van der Waals surface area contributed by atoms with Gasteiger partial charge < -0.3 is 5.32 Å². The van der Waals surface area contributed by atoms with E-state index in [1.54, 1.807) is 0 Å². The van der Waals surface area contributed by atoms with E-state index in [4.69, 9.17) is 0 Å². The van der Waals surface area contributed by atoms with Crippen molar-refractivity contribution in [1.82, 2.24) is 10.2 Å². The molecule has 19 heavy (non-hydrogen) atoms. The molecule has 1 aliphatic heterocycles. The van der Waals surface area contributed by atoms with Gasteiger partial charge in [0.1, 0.15) is 0 Å². The van der Waals surface area contributed by atoms with Gasteiger partial charge in [0.2, 0.25) is 0 Å². The highest BCUT2D eigenvalue weighted by molar-refractivity contribution is 7.98. The molecule has 0 bridgehead atoms. The summed E-state index contributed by atoms with van der Waals surface area (Å²) < 4.78 is 0. The quantitative estimate of drug-likeness (QED) is 0.754. The number of nitrogens with zero attached hydrogens (tertiary/aromatic N) is 1. The molecule has 2 nitrogen and oxygen atoms in total. The summed E-state index contributed by atoms with van der Waals surface area (Å²) in [6.45, 7) is 8.78. The maximum atomic E-state index is 3.94. The van der Waals surface area contributed by atoms with Gasteiger partial charge in [-0.15, -0.1) is 0 Å². The van der Waals surface area contributed by atoms with Crippen molar-refractivity contribution in [2.24, 2.45) is 11.8 Å². The molecule has 3 rings (SSSR count). The lowest BCUT2D eigenvalue weighted by atomic mass is 9.83. The SMILES string of the molecule is CSCCCN1CC(C)(C2CC2)NCC1(C)C1CC1. The predicted octanol–water partition coefficient (Wildman–Crippen LogP) is 2.98. The molecule has 2 atom stereocenters. The molecule has 1 saturated heterocycles. The van der Waals surface area contributed by atoms with E-state index in [2.05, 4.69) is 30.3 Å². The summed E-state index contributed by atoms with van der Waals surface area (Å²) in [5.74, 6) is 3.21. The van der Waals surface area contributed by atoms with Crippen LogP contribution in [0.1, 0.15) is 46.0 Å². The molecule has 0 aromatic heterocycles. The van der Waals surface area contributed by atoms with Gasteiger partial charge in [0.15, 0.2) is 0 Å². The zero-order valence-corrected chi connectivity index (χ0v) is 13.7. The van der Waals surface area contributed by atoms with Crippen molar-refractivity contribution in [2.45, 2.75) is 57.0 Å². The Morgan fingerprint density at radius 2 is 1.84 bits per heavy atom. The summed E-state index contributed by atoms with van der Waals surface area (Å²) in [5.41, 5.74) is 0.834. The Hall–Kier alpha value is 0.270. The van der Waals surface area contributed by atoms with Crippen molar-refractivity contribution < 1.29 is 0 Å². The van der Waals surface area contributed by atoms with Gasteiger partial charge >= 0.3 is 0 Å². The Morgan fingerprint density at radius 1 is 1.16 bits per heavy atom. The molecule has 1 N–H and O–H groups in total. The van der Waals surface area contributed by atoms with Crippen LogP contribution in [0, 0.1) is 11.8 Å². The lowest BCUT2D eigenvalue weighted by molar-refractivity contribution is -0.000352. The maximum absolute atomic E-state index is 3.94. The number of nitrogens with one attached hydrogen (secondary N) is 1. The second kappa shape index (κ2) is 5.23. The van der Waals surface area contributed by atoms with Crippen LogP contribution in [0.5, 0.6) is 0 Å². The summed E-state index contributed by atoms with van der Waals surface area (Å²) in [5, 5.41) is 3.94. The molecular formula is C16H30N2S. The van der Waals surface area contributed by atoms with E-state index in [0.29, 0.717) is 11.1 Å². The largest absolute Gasteiger partial charge is 0.308 e. The zero-order chi connectivity index (χ0) is 13.5. The molecule has 3 aliphatic rings. The first-order valence-electron chi connectivity index (χ1n) is 8.07. The van der Waals surface area contributed by atoms with Crippen LogP contribution in [0.4, 0.5) is 0 Å². The monoisotopic (exact) mass is 282 g/mol. The van der Waals surface area contributed by atoms with Crippen LogP contribution in [0.2, 0.25) is 0 Å². The van der Waals surface area contributed by atoms with Crippen molar-refractivity contribution in [3.63, 3.8) is 0 Å². The second-order valence-corrected chi connectivity index (χ2v) is 8.43. The van der Waals surface area contributed by atoms with E-state index in [0.717, 1.165) is 11.8 Å².